The summed E-state index contributed by atoms with van der Waals surface area (Å²) >= 11 is 0. The summed E-state index contributed by atoms with van der Waals surface area (Å²) in [7, 11) is 1.72. The van der Waals surface area contributed by atoms with Crippen LogP contribution in [0.4, 0.5) is 0 Å². The van der Waals surface area contributed by atoms with Crippen molar-refractivity contribution in [2.45, 2.75) is 12.8 Å². The van der Waals surface area contributed by atoms with Gasteiger partial charge in [-0.05, 0) is 65.4 Å². The fourth-order valence-electron chi connectivity index (χ4n) is 3.75. The number of hydrogen-bond donors (Lipinski definition) is 0. The molecular weight excluding hydrogens is 258 g/mol. The van der Waals surface area contributed by atoms with Crippen molar-refractivity contribution in [3.63, 3.8) is 0 Å². The van der Waals surface area contributed by atoms with Crippen molar-refractivity contribution in [2.75, 3.05) is 26.7 Å². The van der Waals surface area contributed by atoms with Gasteiger partial charge in [0.05, 0.1) is 7.11 Å². The molecule has 2 unspecified atom stereocenters. The van der Waals surface area contributed by atoms with Gasteiger partial charge in [0.25, 0.3) is 0 Å². The highest BCUT2D eigenvalue weighted by molar-refractivity contribution is 5.87. The zero-order valence-corrected chi connectivity index (χ0v) is 12.5. The maximum atomic E-state index is 5.31. The Morgan fingerprint density at radius 3 is 2.86 bits per heavy atom. The van der Waals surface area contributed by atoms with Gasteiger partial charge in [0.1, 0.15) is 5.75 Å². The van der Waals surface area contributed by atoms with E-state index in [1.54, 1.807) is 12.7 Å². The Bertz CT molecular complexity index is 704. The molecule has 2 bridgehead atoms. The van der Waals surface area contributed by atoms with E-state index in [0.29, 0.717) is 0 Å². The van der Waals surface area contributed by atoms with Crippen LogP contribution in [0.2, 0.25) is 0 Å². The third-order valence-corrected chi connectivity index (χ3v) is 4.90. The van der Waals surface area contributed by atoms with Gasteiger partial charge in [-0.3, -0.25) is 4.90 Å². The molecule has 4 rings (SSSR count). The number of methoxy groups -OCH3 is 1. The SMILES string of the molecule is COc1ccc2cc(C3=CCN4CCCC3C4)ccc2c1. The van der Waals surface area contributed by atoms with E-state index in [1.165, 1.54) is 42.3 Å². The first-order valence-corrected chi connectivity index (χ1v) is 7.84. The summed E-state index contributed by atoms with van der Waals surface area (Å²) in [6.07, 6.45) is 5.12. The first-order chi connectivity index (χ1) is 10.3. The molecule has 108 valence electrons. The standard InChI is InChI=1S/C19H21NO/c1-21-18-7-6-14-11-16(5-4-15(14)12-18)19-8-10-20-9-2-3-17(19)13-20/h4-8,11-12,17H,2-3,9-10,13H2,1H3. The van der Waals surface area contributed by atoms with E-state index in [-0.39, 0.29) is 0 Å². The minimum Gasteiger partial charge on any atom is -0.497 e. The molecule has 2 aliphatic heterocycles. The Kier molecular flexibility index (Phi) is 3.19. The van der Waals surface area contributed by atoms with Gasteiger partial charge in [-0.25, -0.2) is 0 Å². The van der Waals surface area contributed by atoms with E-state index in [1.807, 2.05) is 6.07 Å². The summed E-state index contributed by atoms with van der Waals surface area (Å²) in [6.45, 7) is 3.64. The Balaban J connectivity index is 1.73. The summed E-state index contributed by atoms with van der Waals surface area (Å²) in [5, 5.41) is 2.55. The lowest BCUT2D eigenvalue weighted by Gasteiger charge is -2.37. The topological polar surface area (TPSA) is 12.5 Å². The van der Waals surface area contributed by atoms with E-state index in [2.05, 4.69) is 41.3 Å². The third kappa shape index (κ3) is 2.34. The highest BCUT2D eigenvalue weighted by atomic mass is 16.5. The van der Waals surface area contributed by atoms with Crippen molar-refractivity contribution < 1.29 is 4.74 Å². The van der Waals surface area contributed by atoms with E-state index in [9.17, 15) is 0 Å². The summed E-state index contributed by atoms with van der Waals surface area (Å²) in [4.78, 5) is 2.57. The monoisotopic (exact) mass is 279 g/mol. The van der Waals surface area contributed by atoms with Crippen molar-refractivity contribution in [2.24, 2.45) is 5.92 Å². The van der Waals surface area contributed by atoms with Crippen molar-refractivity contribution in [1.29, 1.82) is 0 Å². The van der Waals surface area contributed by atoms with Crippen LogP contribution in [-0.4, -0.2) is 31.6 Å². The molecule has 21 heavy (non-hydrogen) atoms. The van der Waals surface area contributed by atoms with E-state index in [4.69, 9.17) is 4.74 Å². The Morgan fingerprint density at radius 2 is 1.95 bits per heavy atom. The largest absolute Gasteiger partial charge is 0.497 e. The smallest absolute Gasteiger partial charge is 0.119 e. The molecule has 2 atom stereocenters. The second kappa shape index (κ2) is 5.19. The first kappa shape index (κ1) is 12.9. The van der Waals surface area contributed by atoms with E-state index >= 15 is 0 Å². The highest BCUT2D eigenvalue weighted by Crippen LogP contribution is 2.35. The fraction of sp³-hybridized carbons (Fsp3) is 0.368. The average molecular weight is 279 g/mol. The predicted octanol–water partition coefficient (Wildman–Crippen LogP) is 3.96. The fourth-order valence-corrected chi connectivity index (χ4v) is 3.75. The van der Waals surface area contributed by atoms with Crippen LogP contribution in [0, 0.1) is 5.92 Å². The molecule has 0 spiro atoms. The summed E-state index contributed by atoms with van der Waals surface area (Å²) in [5.74, 6) is 1.65. The van der Waals surface area contributed by atoms with Crippen LogP contribution in [0.3, 0.4) is 0 Å². The van der Waals surface area contributed by atoms with Crippen LogP contribution >= 0.6 is 0 Å². The molecule has 2 aromatic carbocycles. The molecule has 0 radical (unpaired) electrons. The maximum absolute atomic E-state index is 5.31. The zero-order chi connectivity index (χ0) is 14.2. The normalized spacial score (nSPS) is 24.7. The Morgan fingerprint density at radius 1 is 1.10 bits per heavy atom. The van der Waals surface area contributed by atoms with Gasteiger partial charge in [-0.1, -0.05) is 24.3 Å². The van der Waals surface area contributed by atoms with Gasteiger partial charge < -0.3 is 4.74 Å². The summed E-state index contributed by atoms with van der Waals surface area (Å²) < 4.78 is 5.31. The Hall–Kier alpha value is -1.80. The van der Waals surface area contributed by atoms with Crippen LogP contribution < -0.4 is 4.74 Å². The number of hydrogen-bond acceptors (Lipinski definition) is 2. The number of ether oxygens (including phenoxy) is 1. The average Bonchev–Trinajstić information content (AvgIpc) is 2.54. The molecule has 0 amide bonds. The van der Waals surface area contributed by atoms with Crippen molar-refractivity contribution in [3.8, 4) is 5.75 Å². The number of nitrogens with zero attached hydrogens (tertiary/aromatic N) is 1. The van der Waals surface area contributed by atoms with Crippen LogP contribution in [0.5, 0.6) is 5.75 Å². The second-order valence-electron chi connectivity index (χ2n) is 6.19. The van der Waals surface area contributed by atoms with Crippen molar-refractivity contribution in [3.05, 3.63) is 48.0 Å². The molecule has 0 aromatic heterocycles. The van der Waals surface area contributed by atoms with E-state index in [0.717, 1.165) is 18.2 Å². The summed E-state index contributed by atoms with van der Waals surface area (Å²) in [5.41, 5.74) is 2.96. The van der Waals surface area contributed by atoms with Crippen LogP contribution in [0.25, 0.3) is 16.3 Å². The van der Waals surface area contributed by atoms with Gasteiger partial charge in [0, 0.05) is 13.1 Å². The lowest BCUT2D eigenvalue weighted by atomic mass is 9.83. The van der Waals surface area contributed by atoms with Gasteiger partial charge >= 0.3 is 0 Å². The van der Waals surface area contributed by atoms with Gasteiger partial charge in [0.2, 0.25) is 0 Å². The molecule has 0 aliphatic carbocycles. The van der Waals surface area contributed by atoms with Gasteiger partial charge in [-0.2, -0.15) is 0 Å². The number of benzene rings is 2. The minimum absolute atomic E-state index is 0.725. The molecule has 0 saturated carbocycles. The first-order valence-electron chi connectivity index (χ1n) is 7.84. The maximum Gasteiger partial charge on any atom is 0.119 e. The molecule has 2 aliphatic rings. The third-order valence-electron chi connectivity index (χ3n) is 4.90. The lowest BCUT2D eigenvalue weighted by molar-refractivity contribution is 0.209. The number of rotatable bonds is 2. The van der Waals surface area contributed by atoms with Crippen LogP contribution in [0.1, 0.15) is 18.4 Å². The van der Waals surface area contributed by atoms with E-state index < -0.39 is 0 Å². The number of fused-ring (bicyclic) bond motifs is 3. The minimum atomic E-state index is 0.725. The Labute approximate surface area is 126 Å². The molecule has 2 nitrogen and oxygen atoms in total. The second-order valence-corrected chi connectivity index (χ2v) is 6.19. The van der Waals surface area contributed by atoms with Crippen molar-refractivity contribution >= 4 is 16.3 Å². The lowest BCUT2D eigenvalue weighted by Crippen LogP contribution is -2.39. The molecular formula is C19H21NO. The molecule has 1 saturated heterocycles. The highest BCUT2D eigenvalue weighted by Gasteiger charge is 2.26. The molecule has 0 N–H and O–H groups in total. The molecule has 1 fully saturated rings. The van der Waals surface area contributed by atoms with Crippen LogP contribution in [-0.2, 0) is 0 Å². The summed E-state index contributed by atoms with van der Waals surface area (Å²) in [6, 6.07) is 13.2. The zero-order valence-electron chi connectivity index (χ0n) is 12.5. The van der Waals surface area contributed by atoms with Gasteiger partial charge in [0.15, 0.2) is 0 Å². The predicted molar refractivity (Wildman–Crippen MR) is 87.6 cm³/mol. The van der Waals surface area contributed by atoms with Crippen LogP contribution in [0.15, 0.2) is 42.5 Å². The van der Waals surface area contributed by atoms with Gasteiger partial charge in [-0.15, -0.1) is 0 Å². The molecule has 2 aromatic rings. The van der Waals surface area contributed by atoms with Crippen molar-refractivity contribution in [1.82, 2.24) is 4.90 Å². The quantitative estimate of drug-likeness (QED) is 0.825. The number of piperidine rings is 1. The molecule has 2 heteroatoms. The molecule has 2 heterocycles.